The Kier molecular flexibility index (Phi) is 3.43. The SMILES string of the molecule is Oc1ccc(F)cc1-c1ccnc2cc(-c3ccc(Cl)cc3)nn12. The summed E-state index contributed by atoms with van der Waals surface area (Å²) in [6, 6.07) is 14.6. The van der Waals surface area contributed by atoms with E-state index in [9.17, 15) is 9.50 Å². The molecule has 1 N–H and O–H groups in total. The van der Waals surface area contributed by atoms with Crippen LogP contribution in [-0.2, 0) is 0 Å². The molecule has 0 amide bonds. The van der Waals surface area contributed by atoms with Crippen molar-refractivity contribution in [3.05, 3.63) is 71.6 Å². The first-order chi connectivity index (χ1) is 11.6. The monoisotopic (exact) mass is 339 g/mol. The molecule has 0 saturated carbocycles. The summed E-state index contributed by atoms with van der Waals surface area (Å²) in [6.45, 7) is 0. The van der Waals surface area contributed by atoms with Gasteiger partial charge < -0.3 is 5.11 Å². The van der Waals surface area contributed by atoms with Gasteiger partial charge in [-0.2, -0.15) is 5.10 Å². The maximum absolute atomic E-state index is 13.6. The summed E-state index contributed by atoms with van der Waals surface area (Å²) < 4.78 is 15.2. The molecule has 4 nitrogen and oxygen atoms in total. The molecule has 0 unspecified atom stereocenters. The van der Waals surface area contributed by atoms with Crippen LogP contribution < -0.4 is 0 Å². The van der Waals surface area contributed by atoms with E-state index in [4.69, 9.17) is 11.6 Å². The quantitative estimate of drug-likeness (QED) is 0.582. The molecule has 0 saturated heterocycles. The maximum atomic E-state index is 13.6. The predicted octanol–water partition coefficient (Wildman–Crippen LogP) is 4.56. The van der Waals surface area contributed by atoms with Gasteiger partial charge in [-0.1, -0.05) is 23.7 Å². The number of phenolic OH excluding ortho intramolecular Hbond substituents is 1. The molecule has 0 aliphatic carbocycles. The van der Waals surface area contributed by atoms with Gasteiger partial charge in [-0.3, -0.25) is 0 Å². The number of rotatable bonds is 2. The summed E-state index contributed by atoms with van der Waals surface area (Å²) in [7, 11) is 0. The second-order valence-electron chi connectivity index (χ2n) is 5.30. The molecule has 0 bridgehead atoms. The first-order valence-electron chi connectivity index (χ1n) is 7.21. The lowest BCUT2D eigenvalue weighted by Crippen LogP contribution is -1.96. The number of hydrogen-bond donors (Lipinski definition) is 1. The Labute approximate surface area is 141 Å². The van der Waals surface area contributed by atoms with Crippen LogP contribution in [0, 0.1) is 5.82 Å². The third-order valence-electron chi connectivity index (χ3n) is 3.73. The highest BCUT2D eigenvalue weighted by Crippen LogP contribution is 2.31. The molecule has 0 spiro atoms. The van der Waals surface area contributed by atoms with Crippen molar-refractivity contribution in [2.75, 3.05) is 0 Å². The van der Waals surface area contributed by atoms with E-state index >= 15 is 0 Å². The third-order valence-corrected chi connectivity index (χ3v) is 3.98. The van der Waals surface area contributed by atoms with Crippen molar-refractivity contribution < 1.29 is 9.50 Å². The van der Waals surface area contributed by atoms with Crippen LogP contribution in [0.25, 0.3) is 28.2 Å². The van der Waals surface area contributed by atoms with Crippen molar-refractivity contribution in [1.82, 2.24) is 14.6 Å². The van der Waals surface area contributed by atoms with E-state index in [1.807, 2.05) is 18.2 Å². The van der Waals surface area contributed by atoms with Crippen molar-refractivity contribution in [3.63, 3.8) is 0 Å². The molecule has 0 radical (unpaired) electrons. The zero-order chi connectivity index (χ0) is 16.7. The van der Waals surface area contributed by atoms with E-state index in [1.54, 1.807) is 28.9 Å². The number of halogens is 2. The Morgan fingerprint density at radius 3 is 2.58 bits per heavy atom. The largest absolute Gasteiger partial charge is 0.507 e. The molecule has 2 aromatic heterocycles. The fourth-order valence-corrected chi connectivity index (χ4v) is 2.70. The standard InChI is InChI=1S/C18H11ClFN3O/c19-12-3-1-11(2-4-12)15-10-18-21-8-7-16(23(18)22-15)14-9-13(20)5-6-17(14)24/h1-10,24H. The van der Waals surface area contributed by atoms with Gasteiger partial charge in [-0.05, 0) is 36.4 Å². The molecule has 24 heavy (non-hydrogen) atoms. The molecular formula is C18H11ClFN3O. The number of nitrogens with zero attached hydrogens (tertiary/aromatic N) is 3. The fraction of sp³-hybridized carbons (Fsp3) is 0. The van der Waals surface area contributed by atoms with E-state index in [2.05, 4.69) is 10.1 Å². The van der Waals surface area contributed by atoms with Gasteiger partial charge >= 0.3 is 0 Å². The number of hydrogen-bond acceptors (Lipinski definition) is 3. The van der Waals surface area contributed by atoms with E-state index < -0.39 is 5.82 Å². The number of aromatic hydroxyl groups is 1. The molecule has 118 valence electrons. The number of aromatic nitrogens is 3. The molecule has 0 aliphatic heterocycles. The number of benzene rings is 2. The van der Waals surface area contributed by atoms with E-state index in [-0.39, 0.29) is 5.75 Å². The predicted molar refractivity (Wildman–Crippen MR) is 90.5 cm³/mol. The second-order valence-corrected chi connectivity index (χ2v) is 5.73. The van der Waals surface area contributed by atoms with Crippen LogP contribution in [-0.4, -0.2) is 19.7 Å². The highest BCUT2D eigenvalue weighted by Gasteiger charge is 2.13. The zero-order valence-electron chi connectivity index (χ0n) is 12.3. The molecular weight excluding hydrogens is 329 g/mol. The second kappa shape index (κ2) is 5.62. The number of fused-ring (bicyclic) bond motifs is 1. The van der Waals surface area contributed by atoms with Crippen molar-refractivity contribution in [2.45, 2.75) is 0 Å². The first kappa shape index (κ1) is 14.7. The summed E-state index contributed by atoms with van der Waals surface area (Å²) in [4.78, 5) is 4.28. The normalized spacial score (nSPS) is 11.1. The smallest absolute Gasteiger partial charge is 0.156 e. The lowest BCUT2D eigenvalue weighted by Gasteiger charge is -2.06. The van der Waals surface area contributed by atoms with Gasteiger partial charge in [-0.15, -0.1) is 0 Å². The van der Waals surface area contributed by atoms with Crippen LogP contribution in [0.15, 0.2) is 60.8 Å². The van der Waals surface area contributed by atoms with Gasteiger partial charge in [0.25, 0.3) is 0 Å². The van der Waals surface area contributed by atoms with Crippen LogP contribution in [0.2, 0.25) is 5.02 Å². The molecule has 0 fully saturated rings. The van der Waals surface area contributed by atoms with Gasteiger partial charge in [0.2, 0.25) is 0 Å². The minimum absolute atomic E-state index is 0.0209. The Bertz CT molecular complexity index is 1040. The number of phenols is 1. The van der Waals surface area contributed by atoms with Crippen LogP contribution in [0.1, 0.15) is 0 Å². The van der Waals surface area contributed by atoms with E-state index in [1.165, 1.54) is 18.2 Å². The average molecular weight is 340 g/mol. The third kappa shape index (κ3) is 2.49. The van der Waals surface area contributed by atoms with E-state index in [0.717, 1.165) is 5.56 Å². The summed E-state index contributed by atoms with van der Waals surface area (Å²) in [6.07, 6.45) is 1.60. The van der Waals surface area contributed by atoms with Gasteiger partial charge in [0.05, 0.1) is 11.4 Å². The summed E-state index contributed by atoms with van der Waals surface area (Å²) >= 11 is 5.91. The van der Waals surface area contributed by atoms with Gasteiger partial charge in [-0.25, -0.2) is 13.9 Å². The highest BCUT2D eigenvalue weighted by atomic mass is 35.5. The molecule has 0 atom stereocenters. The van der Waals surface area contributed by atoms with Crippen molar-refractivity contribution in [3.8, 4) is 28.3 Å². The molecule has 4 aromatic rings. The Hall–Kier alpha value is -2.92. The highest BCUT2D eigenvalue weighted by molar-refractivity contribution is 6.30. The maximum Gasteiger partial charge on any atom is 0.156 e. The fourth-order valence-electron chi connectivity index (χ4n) is 2.57. The van der Waals surface area contributed by atoms with Gasteiger partial charge in [0, 0.05) is 28.4 Å². The van der Waals surface area contributed by atoms with Crippen LogP contribution in [0.4, 0.5) is 4.39 Å². The zero-order valence-corrected chi connectivity index (χ0v) is 13.1. The van der Waals surface area contributed by atoms with Gasteiger partial charge in [0.1, 0.15) is 11.6 Å². The summed E-state index contributed by atoms with van der Waals surface area (Å²) in [5.74, 6) is -0.453. The average Bonchev–Trinajstić information content (AvgIpc) is 3.02. The van der Waals surface area contributed by atoms with Gasteiger partial charge in [0.15, 0.2) is 5.65 Å². The molecule has 2 aromatic carbocycles. The molecule has 0 aliphatic rings. The molecule has 4 rings (SSSR count). The van der Waals surface area contributed by atoms with Crippen molar-refractivity contribution in [1.29, 1.82) is 0 Å². The molecule has 2 heterocycles. The van der Waals surface area contributed by atoms with Crippen molar-refractivity contribution >= 4 is 17.2 Å². The van der Waals surface area contributed by atoms with Crippen LogP contribution in [0.3, 0.4) is 0 Å². The van der Waals surface area contributed by atoms with Crippen LogP contribution >= 0.6 is 11.6 Å². The summed E-state index contributed by atoms with van der Waals surface area (Å²) in [5.41, 5.74) is 3.10. The lowest BCUT2D eigenvalue weighted by atomic mass is 10.1. The Morgan fingerprint density at radius 1 is 1.00 bits per heavy atom. The Morgan fingerprint density at radius 2 is 1.79 bits per heavy atom. The topological polar surface area (TPSA) is 50.4 Å². The van der Waals surface area contributed by atoms with E-state index in [0.29, 0.717) is 27.6 Å². The Balaban J connectivity index is 1.92. The summed E-state index contributed by atoms with van der Waals surface area (Å²) in [5, 5.41) is 15.2. The molecule has 6 heteroatoms. The minimum atomic E-state index is -0.433. The minimum Gasteiger partial charge on any atom is -0.507 e. The van der Waals surface area contributed by atoms with Crippen molar-refractivity contribution in [2.24, 2.45) is 0 Å². The lowest BCUT2D eigenvalue weighted by molar-refractivity contribution is 0.475. The van der Waals surface area contributed by atoms with Crippen LogP contribution in [0.5, 0.6) is 5.75 Å². The first-order valence-corrected chi connectivity index (χ1v) is 7.59.